The van der Waals surface area contributed by atoms with Crippen molar-refractivity contribution in [1.29, 1.82) is 0 Å². The summed E-state index contributed by atoms with van der Waals surface area (Å²) in [6.45, 7) is 0.0624. The minimum atomic E-state index is -1.58. The van der Waals surface area contributed by atoms with Crippen LogP contribution in [0, 0.1) is 11.2 Å². The monoisotopic (exact) mass is 373 g/mol. The van der Waals surface area contributed by atoms with E-state index in [-0.39, 0.29) is 37.7 Å². The maximum Gasteiger partial charge on any atom is 0.314 e. The number of benzene rings is 1. The average molecular weight is 373 g/mol. The highest BCUT2D eigenvalue weighted by atomic mass is 19.1. The minimum Gasteiger partial charge on any atom is -0.481 e. The van der Waals surface area contributed by atoms with E-state index in [9.17, 15) is 24.2 Å². The van der Waals surface area contributed by atoms with Crippen LogP contribution in [0.2, 0.25) is 0 Å². The Kier molecular flexibility index (Phi) is 5.09. The number of aliphatic carboxylic acids is 1. The van der Waals surface area contributed by atoms with E-state index in [2.05, 4.69) is 4.98 Å². The molecule has 2 heterocycles. The van der Waals surface area contributed by atoms with Crippen LogP contribution in [-0.2, 0) is 11.2 Å². The Hall–Kier alpha value is -3.00. The molecule has 0 unspecified atom stereocenters. The lowest BCUT2D eigenvalue weighted by atomic mass is 9.72. The molecule has 2 atom stereocenters. The molecule has 0 spiro atoms. The van der Waals surface area contributed by atoms with Crippen molar-refractivity contribution in [2.45, 2.75) is 18.9 Å². The highest BCUT2D eigenvalue weighted by Gasteiger charge is 2.50. The summed E-state index contributed by atoms with van der Waals surface area (Å²) >= 11 is 0. The predicted octanol–water partition coefficient (Wildman–Crippen LogP) is 1.32. The number of nitrogen functional groups attached to an aromatic ring is 1. The van der Waals surface area contributed by atoms with Gasteiger partial charge in [-0.25, -0.2) is 9.37 Å². The second kappa shape index (κ2) is 7.32. The van der Waals surface area contributed by atoms with Gasteiger partial charge in [-0.3, -0.25) is 9.59 Å². The number of carbonyl (C=O) groups excluding carboxylic acids is 1. The van der Waals surface area contributed by atoms with E-state index in [4.69, 9.17) is 5.73 Å². The Balaban J connectivity index is 1.88. The Morgan fingerprint density at radius 2 is 1.96 bits per heavy atom. The molecule has 0 bridgehead atoms. The molecular formula is C19H20FN3O4. The molecule has 8 heteroatoms. The quantitative estimate of drug-likeness (QED) is 0.744. The van der Waals surface area contributed by atoms with E-state index in [0.29, 0.717) is 11.1 Å². The first-order valence-electron chi connectivity index (χ1n) is 8.48. The summed E-state index contributed by atoms with van der Waals surface area (Å²) in [5.41, 5.74) is 4.82. The number of carboxylic acids is 1. The van der Waals surface area contributed by atoms with E-state index in [1.165, 1.54) is 47.5 Å². The Labute approximate surface area is 155 Å². The topological polar surface area (TPSA) is 117 Å². The van der Waals surface area contributed by atoms with Gasteiger partial charge in [0.2, 0.25) is 0 Å². The first-order chi connectivity index (χ1) is 12.8. The summed E-state index contributed by atoms with van der Waals surface area (Å²) < 4.78 is 13.1. The van der Waals surface area contributed by atoms with Crippen molar-refractivity contribution < 1.29 is 24.2 Å². The SMILES string of the molecule is Nc1ccc(C(=O)N2CC[C@H](O)[C@](Cc3ccc(F)cc3)(C(=O)O)C2)cn1. The Bertz CT molecular complexity index is 841. The molecule has 1 aliphatic heterocycles. The molecular weight excluding hydrogens is 353 g/mol. The molecule has 1 aromatic carbocycles. The number of nitrogens with zero attached hydrogens (tertiary/aromatic N) is 2. The van der Waals surface area contributed by atoms with Gasteiger partial charge in [0.15, 0.2) is 0 Å². The van der Waals surface area contributed by atoms with E-state index in [1.54, 1.807) is 0 Å². The number of aromatic nitrogens is 1. The van der Waals surface area contributed by atoms with Gasteiger partial charge in [0.05, 0.1) is 11.7 Å². The number of piperidine rings is 1. The summed E-state index contributed by atoms with van der Waals surface area (Å²) in [6, 6.07) is 8.47. The van der Waals surface area contributed by atoms with Crippen molar-refractivity contribution in [3.05, 3.63) is 59.5 Å². The van der Waals surface area contributed by atoms with Crippen LogP contribution < -0.4 is 5.73 Å². The number of pyridine rings is 1. The van der Waals surface area contributed by atoms with Crippen LogP contribution in [0.1, 0.15) is 22.3 Å². The van der Waals surface area contributed by atoms with Crippen LogP contribution in [0.15, 0.2) is 42.6 Å². The molecule has 2 aromatic rings. The number of aliphatic hydroxyl groups excluding tert-OH is 1. The van der Waals surface area contributed by atoms with E-state index < -0.39 is 23.3 Å². The van der Waals surface area contributed by atoms with Gasteiger partial charge in [-0.15, -0.1) is 0 Å². The maximum absolute atomic E-state index is 13.1. The molecule has 4 N–H and O–H groups in total. The van der Waals surface area contributed by atoms with Crippen LogP contribution in [0.3, 0.4) is 0 Å². The lowest BCUT2D eigenvalue weighted by Gasteiger charge is -2.43. The Morgan fingerprint density at radius 3 is 2.56 bits per heavy atom. The summed E-state index contributed by atoms with van der Waals surface area (Å²) in [6.07, 6.45) is 0.314. The zero-order valence-electron chi connectivity index (χ0n) is 14.5. The predicted molar refractivity (Wildman–Crippen MR) is 95.3 cm³/mol. The number of halogens is 1. The number of carboxylic acid groups (broad SMARTS) is 1. The molecule has 1 aliphatic rings. The van der Waals surface area contributed by atoms with E-state index in [0.717, 1.165) is 0 Å². The highest BCUT2D eigenvalue weighted by molar-refractivity contribution is 5.94. The number of likely N-dealkylation sites (tertiary alicyclic amines) is 1. The fourth-order valence-electron chi connectivity index (χ4n) is 3.39. The summed E-state index contributed by atoms with van der Waals surface area (Å²) in [5, 5.41) is 20.4. The summed E-state index contributed by atoms with van der Waals surface area (Å²) in [4.78, 5) is 30.1. The van der Waals surface area contributed by atoms with Crippen molar-refractivity contribution in [1.82, 2.24) is 9.88 Å². The average Bonchev–Trinajstić information content (AvgIpc) is 2.65. The molecule has 1 fully saturated rings. The number of hydrogen-bond donors (Lipinski definition) is 3. The van der Waals surface area contributed by atoms with Gasteiger partial charge in [0.25, 0.3) is 5.91 Å². The van der Waals surface area contributed by atoms with Gasteiger partial charge in [-0.05, 0) is 42.7 Å². The molecule has 1 aromatic heterocycles. The third-order valence-corrected chi connectivity index (χ3v) is 4.96. The number of anilines is 1. The molecule has 1 amide bonds. The lowest BCUT2D eigenvalue weighted by molar-refractivity contribution is -0.161. The smallest absolute Gasteiger partial charge is 0.314 e. The molecule has 27 heavy (non-hydrogen) atoms. The van der Waals surface area contributed by atoms with Crippen LogP contribution in [0.25, 0.3) is 0 Å². The first kappa shape index (κ1) is 18.8. The molecule has 0 aliphatic carbocycles. The summed E-state index contributed by atoms with van der Waals surface area (Å²) in [7, 11) is 0. The van der Waals surface area contributed by atoms with Gasteiger partial charge >= 0.3 is 5.97 Å². The molecule has 1 saturated heterocycles. The van der Waals surface area contributed by atoms with Crippen LogP contribution in [-0.4, -0.2) is 51.2 Å². The van der Waals surface area contributed by atoms with Crippen molar-refractivity contribution in [3.8, 4) is 0 Å². The second-order valence-corrected chi connectivity index (χ2v) is 6.77. The molecule has 3 rings (SSSR count). The van der Waals surface area contributed by atoms with Gasteiger partial charge in [0, 0.05) is 19.3 Å². The van der Waals surface area contributed by atoms with E-state index >= 15 is 0 Å². The van der Waals surface area contributed by atoms with E-state index in [1.807, 2.05) is 0 Å². The van der Waals surface area contributed by atoms with Crippen molar-refractivity contribution in [3.63, 3.8) is 0 Å². The van der Waals surface area contributed by atoms with Crippen molar-refractivity contribution in [2.75, 3.05) is 18.8 Å². The van der Waals surface area contributed by atoms with Crippen LogP contribution in [0.5, 0.6) is 0 Å². The zero-order chi connectivity index (χ0) is 19.6. The molecule has 0 saturated carbocycles. The van der Waals surface area contributed by atoms with Gasteiger partial charge in [0.1, 0.15) is 17.1 Å². The third-order valence-electron chi connectivity index (χ3n) is 4.96. The standard InChI is InChI=1S/C19H20FN3O4/c20-14-4-1-12(2-5-14)9-19(18(26)27)11-23(8-7-15(19)24)17(25)13-3-6-16(21)22-10-13/h1-6,10,15,24H,7-9,11H2,(H2,21,22)(H,26,27)/t15-,19+/m0/s1. The van der Waals surface area contributed by atoms with Gasteiger partial charge in [-0.2, -0.15) is 0 Å². The Morgan fingerprint density at radius 1 is 1.26 bits per heavy atom. The normalized spacial score (nSPS) is 22.4. The number of amides is 1. The number of rotatable bonds is 4. The number of nitrogens with two attached hydrogens (primary N) is 1. The molecule has 0 radical (unpaired) electrons. The minimum absolute atomic E-state index is 0.0203. The van der Waals surface area contributed by atoms with Gasteiger partial charge < -0.3 is 20.8 Å². The first-order valence-corrected chi connectivity index (χ1v) is 8.48. The second-order valence-electron chi connectivity index (χ2n) is 6.77. The van der Waals surface area contributed by atoms with Gasteiger partial charge in [-0.1, -0.05) is 12.1 Å². The van der Waals surface area contributed by atoms with Crippen LogP contribution >= 0.6 is 0 Å². The largest absolute Gasteiger partial charge is 0.481 e. The number of aliphatic hydroxyl groups is 1. The lowest BCUT2D eigenvalue weighted by Crippen LogP contribution is -2.58. The number of hydrogen-bond acceptors (Lipinski definition) is 5. The van der Waals surface area contributed by atoms with Crippen molar-refractivity contribution in [2.24, 2.45) is 5.41 Å². The number of carbonyl (C=O) groups is 2. The fourth-order valence-corrected chi connectivity index (χ4v) is 3.39. The third kappa shape index (κ3) is 3.75. The van der Waals surface area contributed by atoms with Crippen LogP contribution in [0.4, 0.5) is 10.2 Å². The summed E-state index contributed by atoms with van der Waals surface area (Å²) in [5.74, 6) is -1.73. The maximum atomic E-state index is 13.1. The zero-order valence-corrected chi connectivity index (χ0v) is 14.5. The van der Waals surface area contributed by atoms with Crippen molar-refractivity contribution >= 4 is 17.7 Å². The highest BCUT2D eigenvalue weighted by Crippen LogP contribution is 2.35. The fraction of sp³-hybridized carbons (Fsp3) is 0.316. The molecule has 142 valence electrons. The molecule has 7 nitrogen and oxygen atoms in total.